The zero-order valence-corrected chi connectivity index (χ0v) is 17.2. The van der Waals surface area contributed by atoms with Crippen LogP contribution in [0.25, 0.3) is 6.08 Å². The van der Waals surface area contributed by atoms with Crippen molar-refractivity contribution in [2.75, 3.05) is 6.61 Å². The van der Waals surface area contributed by atoms with E-state index in [1.807, 2.05) is 6.92 Å². The molecule has 0 bridgehead atoms. The van der Waals surface area contributed by atoms with E-state index in [1.165, 1.54) is 18.2 Å². The number of carbonyl (C=O) groups excluding carboxylic acids is 1. The van der Waals surface area contributed by atoms with Crippen LogP contribution in [0.1, 0.15) is 22.8 Å². The second-order valence-corrected chi connectivity index (χ2v) is 8.14. The van der Waals surface area contributed by atoms with E-state index in [0.29, 0.717) is 12.2 Å². The highest BCUT2D eigenvalue weighted by Crippen LogP contribution is 2.35. The van der Waals surface area contributed by atoms with Crippen molar-refractivity contribution in [3.05, 3.63) is 89.4 Å². The van der Waals surface area contributed by atoms with Gasteiger partial charge in [0.15, 0.2) is 5.76 Å². The maximum atomic E-state index is 13.0. The number of ketones is 1. The second kappa shape index (κ2) is 8.23. The van der Waals surface area contributed by atoms with Crippen LogP contribution in [0.2, 0.25) is 0 Å². The fraction of sp³-hybridized carbons (Fsp3) is 0.0870. The molecule has 8 heteroatoms. The number of allylic oxidation sites excluding steroid dienone is 1. The zero-order valence-electron chi connectivity index (χ0n) is 16.4. The Hall–Kier alpha value is -3.65. The number of Topliss-reactive ketones (excluding diaryl/α,β-unsaturated/α-hetero) is 1. The molecule has 0 atom stereocenters. The van der Waals surface area contributed by atoms with Crippen LogP contribution >= 0.6 is 0 Å². The summed E-state index contributed by atoms with van der Waals surface area (Å²) in [4.78, 5) is 12.4. The summed E-state index contributed by atoms with van der Waals surface area (Å²) in [7, 11) is -4.17. The van der Waals surface area contributed by atoms with Crippen molar-refractivity contribution < 1.29 is 31.3 Å². The molecule has 0 saturated heterocycles. The smallest absolute Gasteiger partial charge is 0.339 e. The first-order valence-corrected chi connectivity index (χ1v) is 10.8. The molecule has 0 spiro atoms. The van der Waals surface area contributed by atoms with Gasteiger partial charge in [0.1, 0.15) is 28.0 Å². The Morgan fingerprint density at radius 2 is 1.65 bits per heavy atom. The molecule has 1 heterocycles. The molecule has 1 aliphatic heterocycles. The maximum absolute atomic E-state index is 13.0. The largest absolute Gasteiger partial charge is 0.494 e. The minimum Gasteiger partial charge on any atom is -0.494 e. The maximum Gasteiger partial charge on any atom is 0.339 e. The van der Waals surface area contributed by atoms with Gasteiger partial charge in [0.2, 0.25) is 5.78 Å². The average Bonchev–Trinajstić information content (AvgIpc) is 3.04. The predicted molar refractivity (Wildman–Crippen MR) is 111 cm³/mol. The lowest BCUT2D eigenvalue weighted by Crippen LogP contribution is -2.09. The number of rotatable bonds is 6. The average molecular weight is 440 g/mol. The van der Waals surface area contributed by atoms with Crippen molar-refractivity contribution in [1.29, 1.82) is 0 Å². The van der Waals surface area contributed by atoms with Crippen molar-refractivity contribution in [2.45, 2.75) is 11.8 Å². The Morgan fingerprint density at radius 1 is 0.968 bits per heavy atom. The number of halogens is 1. The van der Waals surface area contributed by atoms with Crippen molar-refractivity contribution in [1.82, 2.24) is 0 Å². The molecule has 1 aliphatic rings. The zero-order chi connectivity index (χ0) is 22.0. The number of ether oxygens (including phenoxy) is 2. The van der Waals surface area contributed by atoms with E-state index in [1.54, 1.807) is 30.3 Å². The van der Waals surface area contributed by atoms with Crippen molar-refractivity contribution >= 4 is 22.0 Å². The Bertz CT molecular complexity index is 1260. The first kappa shape index (κ1) is 20.6. The van der Waals surface area contributed by atoms with Gasteiger partial charge in [-0.3, -0.25) is 4.79 Å². The number of benzene rings is 3. The van der Waals surface area contributed by atoms with Gasteiger partial charge in [0.25, 0.3) is 0 Å². The molecule has 3 aromatic rings. The van der Waals surface area contributed by atoms with Crippen molar-refractivity contribution in [2.24, 2.45) is 0 Å². The second-order valence-electron chi connectivity index (χ2n) is 6.59. The molecule has 0 amide bonds. The summed E-state index contributed by atoms with van der Waals surface area (Å²) in [6.45, 7) is 2.44. The highest BCUT2D eigenvalue weighted by molar-refractivity contribution is 7.87. The molecule has 0 aromatic heterocycles. The van der Waals surface area contributed by atoms with Gasteiger partial charge >= 0.3 is 10.1 Å². The lowest BCUT2D eigenvalue weighted by Gasteiger charge is -2.08. The summed E-state index contributed by atoms with van der Waals surface area (Å²) in [5.41, 5.74) is 1.04. The van der Waals surface area contributed by atoms with Crippen LogP contribution in [0.5, 0.6) is 17.2 Å². The SMILES string of the molecule is CCOc1ccc(C=C2Oc3cc(OS(=O)(=O)c4ccc(F)cc4)ccc3C2=O)cc1. The number of fused-ring (bicyclic) bond motifs is 1. The number of hydrogen-bond donors (Lipinski definition) is 0. The van der Waals surface area contributed by atoms with E-state index < -0.39 is 15.9 Å². The number of carbonyl (C=O) groups is 1. The number of hydrogen-bond acceptors (Lipinski definition) is 6. The van der Waals surface area contributed by atoms with Gasteiger partial charge in [0.05, 0.1) is 12.2 Å². The van der Waals surface area contributed by atoms with E-state index in [9.17, 15) is 17.6 Å². The first-order chi connectivity index (χ1) is 14.9. The molecule has 0 fully saturated rings. The molecule has 31 heavy (non-hydrogen) atoms. The van der Waals surface area contributed by atoms with Crippen molar-refractivity contribution in [3.63, 3.8) is 0 Å². The minimum atomic E-state index is -4.17. The summed E-state index contributed by atoms with van der Waals surface area (Å²) < 4.78 is 53.9. The minimum absolute atomic E-state index is 0.0295. The van der Waals surface area contributed by atoms with Crippen LogP contribution in [0, 0.1) is 5.82 Å². The van der Waals surface area contributed by atoms with Gasteiger partial charge in [-0.25, -0.2) is 4.39 Å². The summed E-state index contributed by atoms with van der Waals surface area (Å²) in [5, 5.41) is 0. The van der Waals surface area contributed by atoms with Crippen LogP contribution in [-0.4, -0.2) is 20.8 Å². The highest BCUT2D eigenvalue weighted by atomic mass is 32.2. The van der Waals surface area contributed by atoms with Crippen LogP contribution in [0.4, 0.5) is 4.39 Å². The van der Waals surface area contributed by atoms with Gasteiger partial charge in [-0.05, 0) is 67.1 Å². The van der Waals surface area contributed by atoms with Gasteiger partial charge in [-0.15, -0.1) is 0 Å². The van der Waals surface area contributed by atoms with Gasteiger partial charge in [0, 0.05) is 6.07 Å². The Kier molecular flexibility index (Phi) is 5.48. The normalized spacial score (nSPS) is 14.3. The van der Waals surface area contributed by atoms with Gasteiger partial charge in [-0.1, -0.05) is 12.1 Å². The monoisotopic (exact) mass is 440 g/mol. The van der Waals surface area contributed by atoms with Crippen LogP contribution in [0.3, 0.4) is 0 Å². The molecule has 0 saturated carbocycles. The summed E-state index contributed by atoms with van der Waals surface area (Å²) in [5.74, 6) is 0.104. The summed E-state index contributed by atoms with van der Waals surface area (Å²) in [6.07, 6.45) is 1.59. The fourth-order valence-corrected chi connectivity index (χ4v) is 3.90. The molecular formula is C23H17FO6S. The molecule has 0 aliphatic carbocycles. The van der Waals surface area contributed by atoms with Crippen LogP contribution in [-0.2, 0) is 10.1 Å². The first-order valence-electron chi connectivity index (χ1n) is 9.37. The standard InChI is InChI=1S/C23H17FO6S/c1-2-28-17-7-3-15(4-8-17)13-22-23(25)20-12-9-18(14-21(20)29-22)30-31(26,27)19-10-5-16(24)6-11-19/h3-14H,2H2,1H3. The molecular weight excluding hydrogens is 423 g/mol. The lowest BCUT2D eigenvalue weighted by molar-refractivity contribution is 0.101. The third kappa shape index (κ3) is 4.44. The fourth-order valence-electron chi connectivity index (χ4n) is 2.97. The molecule has 158 valence electrons. The lowest BCUT2D eigenvalue weighted by atomic mass is 10.1. The van der Waals surface area contributed by atoms with E-state index in [2.05, 4.69) is 0 Å². The Labute approximate surface area is 178 Å². The van der Waals surface area contributed by atoms with E-state index >= 15 is 0 Å². The third-order valence-electron chi connectivity index (χ3n) is 4.44. The summed E-state index contributed by atoms with van der Waals surface area (Å²) >= 11 is 0. The van der Waals surface area contributed by atoms with E-state index in [0.717, 1.165) is 35.6 Å². The van der Waals surface area contributed by atoms with Gasteiger partial charge < -0.3 is 13.7 Å². The van der Waals surface area contributed by atoms with E-state index in [-0.39, 0.29) is 27.9 Å². The third-order valence-corrected chi connectivity index (χ3v) is 5.70. The summed E-state index contributed by atoms with van der Waals surface area (Å²) in [6, 6.07) is 15.6. The predicted octanol–water partition coefficient (Wildman–Crippen LogP) is 4.61. The van der Waals surface area contributed by atoms with Crippen molar-refractivity contribution in [3.8, 4) is 17.2 Å². The molecule has 0 N–H and O–H groups in total. The molecule has 3 aromatic carbocycles. The van der Waals surface area contributed by atoms with E-state index in [4.69, 9.17) is 13.7 Å². The quantitative estimate of drug-likeness (QED) is 0.412. The Morgan fingerprint density at radius 3 is 2.32 bits per heavy atom. The molecule has 4 rings (SSSR count). The van der Waals surface area contributed by atoms with Crippen LogP contribution < -0.4 is 13.7 Å². The molecule has 6 nitrogen and oxygen atoms in total. The highest BCUT2D eigenvalue weighted by Gasteiger charge is 2.28. The topological polar surface area (TPSA) is 78.9 Å². The Balaban J connectivity index is 1.54. The van der Waals surface area contributed by atoms with Crippen LogP contribution in [0.15, 0.2) is 77.4 Å². The molecule has 0 unspecified atom stereocenters. The molecule has 0 radical (unpaired) electrons. The van der Waals surface area contributed by atoms with Gasteiger partial charge in [-0.2, -0.15) is 8.42 Å².